The highest BCUT2D eigenvalue weighted by Crippen LogP contribution is 2.35. The van der Waals surface area contributed by atoms with E-state index in [4.69, 9.17) is 10.5 Å². The van der Waals surface area contributed by atoms with E-state index in [0.29, 0.717) is 0 Å². The standard InChI is InChI=1S/C17H24F3N3O3/c1-10(2)15(21)16(25)22-8-14(24)23-11(3)9-26-13-7-5-4-6-12(13)17(18,19)20/h4-7,10-11,15H,8-9,21H2,1-3H3,(H,22,25)(H,23,24)/t11?,15-/m0/s1. The van der Waals surface area contributed by atoms with Crippen LogP contribution in [0.5, 0.6) is 5.75 Å². The first-order valence-corrected chi connectivity index (χ1v) is 8.14. The number of hydrogen-bond acceptors (Lipinski definition) is 4. The molecule has 0 aliphatic carbocycles. The first-order chi connectivity index (χ1) is 12.0. The van der Waals surface area contributed by atoms with Gasteiger partial charge in [-0.05, 0) is 25.0 Å². The van der Waals surface area contributed by atoms with E-state index < -0.39 is 35.6 Å². The summed E-state index contributed by atoms with van der Waals surface area (Å²) in [7, 11) is 0. The first kappa shape index (κ1) is 21.8. The van der Waals surface area contributed by atoms with Gasteiger partial charge in [0.05, 0.1) is 24.2 Å². The molecule has 1 unspecified atom stereocenters. The summed E-state index contributed by atoms with van der Waals surface area (Å²) in [5.74, 6) is -1.32. The van der Waals surface area contributed by atoms with Crippen molar-refractivity contribution in [3.8, 4) is 5.75 Å². The van der Waals surface area contributed by atoms with Crippen molar-refractivity contribution in [2.75, 3.05) is 13.2 Å². The lowest BCUT2D eigenvalue weighted by molar-refractivity contribution is -0.139. The van der Waals surface area contributed by atoms with E-state index in [-0.39, 0.29) is 24.8 Å². The number of benzene rings is 1. The number of para-hydroxylation sites is 1. The van der Waals surface area contributed by atoms with E-state index in [0.717, 1.165) is 6.07 Å². The average Bonchev–Trinajstić information content (AvgIpc) is 2.56. The fraction of sp³-hybridized carbons (Fsp3) is 0.529. The minimum atomic E-state index is -4.53. The molecule has 4 N–H and O–H groups in total. The van der Waals surface area contributed by atoms with Crippen molar-refractivity contribution in [2.45, 2.75) is 39.0 Å². The number of amides is 2. The van der Waals surface area contributed by atoms with Crippen LogP contribution in [0.15, 0.2) is 24.3 Å². The Bertz CT molecular complexity index is 621. The number of hydrogen-bond donors (Lipinski definition) is 3. The van der Waals surface area contributed by atoms with Gasteiger partial charge in [0.25, 0.3) is 0 Å². The molecule has 0 heterocycles. The second-order valence-corrected chi connectivity index (χ2v) is 6.26. The SMILES string of the molecule is CC(COc1ccccc1C(F)(F)F)NC(=O)CNC(=O)[C@@H](N)C(C)C. The molecule has 2 atom stereocenters. The Kier molecular flexibility index (Phi) is 7.88. The normalized spacial score (nSPS) is 13.8. The van der Waals surface area contributed by atoms with Crippen LogP contribution < -0.4 is 21.1 Å². The van der Waals surface area contributed by atoms with Gasteiger partial charge in [0.15, 0.2) is 0 Å². The number of rotatable bonds is 8. The Morgan fingerprint density at radius 2 is 1.81 bits per heavy atom. The van der Waals surface area contributed by atoms with E-state index in [1.807, 2.05) is 0 Å². The van der Waals surface area contributed by atoms with Crippen LogP contribution in [0.2, 0.25) is 0 Å². The number of carbonyl (C=O) groups is 2. The summed E-state index contributed by atoms with van der Waals surface area (Å²) in [6, 6.07) is 3.56. The Morgan fingerprint density at radius 1 is 1.19 bits per heavy atom. The summed E-state index contributed by atoms with van der Waals surface area (Å²) in [4.78, 5) is 23.5. The maximum Gasteiger partial charge on any atom is 0.419 e. The molecule has 26 heavy (non-hydrogen) atoms. The van der Waals surface area contributed by atoms with Crippen LogP contribution in [0.3, 0.4) is 0 Å². The lowest BCUT2D eigenvalue weighted by Gasteiger charge is -2.19. The molecule has 1 aromatic carbocycles. The van der Waals surface area contributed by atoms with E-state index in [9.17, 15) is 22.8 Å². The van der Waals surface area contributed by atoms with Gasteiger partial charge in [0.2, 0.25) is 11.8 Å². The van der Waals surface area contributed by atoms with Crippen LogP contribution in [-0.2, 0) is 15.8 Å². The predicted molar refractivity (Wildman–Crippen MR) is 90.4 cm³/mol. The highest BCUT2D eigenvalue weighted by Gasteiger charge is 2.34. The molecule has 0 spiro atoms. The fourth-order valence-electron chi connectivity index (χ4n) is 2.00. The smallest absolute Gasteiger partial charge is 0.419 e. The van der Waals surface area contributed by atoms with Crippen LogP contribution >= 0.6 is 0 Å². The van der Waals surface area contributed by atoms with E-state index in [1.54, 1.807) is 20.8 Å². The Balaban J connectivity index is 2.47. The molecule has 1 rings (SSSR count). The van der Waals surface area contributed by atoms with Crippen LogP contribution in [0.1, 0.15) is 26.3 Å². The molecule has 0 aliphatic heterocycles. The fourth-order valence-corrected chi connectivity index (χ4v) is 2.00. The molecule has 0 bridgehead atoms. The molecule has 0 saturated carbocycles. The van der Waals surface area contributed by atoms with Gasteiger partial charge in [0.1, 0.15) is 12.4 Å². The number of halogens is 3. The molecule has 6 nitrogen and oxygen atoms in total. The van der Waals surface area contributed by atoms with Gasteiger partial charge in [-0.1, -0.05) is 26.0 Å². The zero-order valence-electron chi connectivity index (χ0n) is 14.9. The van der Waals surface area contributed by atoms with Gasteiger partial charge in [-0.25, -0.2) is 0 Å². The third-order valence-electron chi connectivity index (χ3n) is 3.53. The van der Waals surface area contributed by atoms with E-state index >= 15 is 0 Å². The molecular formula is C17H24F3N3O3. The van der Waals surface area contributed by atoms with Gasteiger partial charge in [0, 0.05) is 0 Å². The molecule has 146 valence electrons. The molecule has 0 aliphatic rings. The van der Waals surface area contributed by atoms with Gasteiger partial charge in [-0.15, -0.1) is 0 Å². The van der Waals surface area contributed by atoms with Crippen LogP contribution in [0, 0.1) is 5.92 Å². The minimum Gasteiger partial charge on any atom is -0.491 e. The number of nitrogens with two attached hydrogens (primary N) is 1. The predicted octanol–water partition coefficient (Wildman–Crippen LogP) is 1.69. The van der Waals surface area contributed by atoms with Crippen molar-refractivity contribution in [1.29, 1.82) is 0 Å². The second-order valence-electron chi connectivity index (χ2n) is 6.26. The number of nitrogens with one attached hydrogen (secondary N) is 2. The topological polar surface area (TPSA) is 93.5 Å². The highest BCUT2D eigenvalue weighted by atomic mass is 19.4. The van der Waals surface area contributed by atoms with Crippen molar-refractivity contribution in [2.24, 2.45) is 11.7 Å². The lowest BCUT2D eigenvalue weighted by Crippen LogP contribution is -2.48. The third-order valence-corrected chi connectivity index (χ3v) is 3.53. The van der Waals surface area contributed by atoms with E-state index in [2.05, 4.69) is 10.6 Å². The largest absolute Gasteiger partial charge is 0.491 e. The minimum absolute atomic E-state index is 0.0703. The summed E-state index contributed by atoms with van der Waals surface area (Å²) in [6.07, 6.45) is -4.53. The monoisotopic (exact) mass is 375 g/mol. The van der Waals surface area contributed by atoms with Crippen molar-refractivity contribution in [1.82, 2.24) is 10.6 Å². The number of carbonyl (C=O) groups excluding carboxylic acids is 2. The van der Waals surface area contributed by atoms with Crippen LogP contribution in [0.4, 0.5) is 13.2 Å². The van der Waals surface area contributed by atoms with Crippen molar-refractivity contribution in [3.63, 3.8) is 0 Å². The quantitative estimate of drug-likeness (QED) is 0.645. The summed E-state index contributed by atoms with van der Waals surface area (Å²) in [5, 5.41) is 4.94. The summed E-state index contributed by atoms with van der Waals surface area (Å²) in [6.45, 7) is 4.71. The average molecular weight is 375 g/mol. The zero-order chi connectivity index (χ0) is 19.9. The summed E-state index contributed by atoms with van der Waals surface area (Å²) < 4.78 is 43.8. The molecule has 9 heteroatoms. The van der Waals surface area contributed by atoms with Crippen LogP contribution in [0.25, 0.3) is 0 Å². The maximum atomic E-state index is 12.9. The Labute approximate surface area is 150 Å². The van der Waals surface area contributed by atoms with Gasteiger partial charge in [-0.2, -0.15) is 13.2 Å². The van der Waals surface area contributed by atoms with E-state index in [1.165, 1.54) is 18.2 Å². The van der Waals surface area contributed by atoms with Gasteiger partial charge >= 0.3 is 6.18 Å². The first-order valence-electron chi connectivity index (χ1n) is 8.14. The van der Waals surface area contributed by atoms with Gasteiger partial charge in [-0.3, -0.25) is 9.59 Å². The number of alkyl halides is 3. The molecule has 0 aromatic heterocycles. The summed E-state index contributed by atoms with van der Waals surface area (Å²) >= 11 is 0. The summed E-state index contributed by atoms with van der Waals surface area (Å²) in [5.41, 5.74) is 4.77. The molecule has 0 radical (unpaired) electrons. The van der Waals surface area contributed by atoms with Crippen LogP contribution in [-0.4, -0.2) is 37.0 Å². The van der Waals surface area contributed by atoms with Crippen molar-refractivity contribution < 1.29 is 27.5 Å². The second kappa shape index (κ2) is 9.42. The molecular weight excluding hydrogens is 351 g/mol. The third kappa shape index (κ3) is 6.91. The molecule has 1 aromatic rings. The Morgan fingerprint density at radius 3 is 2.38 bits per heavy atom. The Hall–Kier alpha value is -2.29. The molecule has 0 fully saturated rings. The number of ether oxygens (including phenoxy) is 1. The van der Waals surface area contributed by atoms with Gasteiger partial charge < -0.3 is 21.1 Å². The molecule has 2 amide bonds. The van der Waals surface area contributed by atoms with Crippen molar-refractivity contribution >= 4 is 11.8 Å². The lowest BCUT2D eigenvalue weighted by atomic mass is 10.1. The van der Waals surface area contributed by atoms with Crippen molar-refractivity contribution in [3.05, 3.63) is 29.8 Å². The highest BCUT2D eigenvalue weighted by molar-refractivity contribution is 5.87. The maximum absolute atomic E-state index is 12.9. The zero-order valence-corrected chi connectivity index (χ0v) is 14.9. The molecule has 0 saturated heterocycles.